The summed E-state index contributed by atoms with van der Waals surface area (Å²) in [4.78, 5) is 10.7. The maximum Gasteiger partial charge on any atom is 0.449 e. The van der Waals surface area contributed by atoms with E-state index in [9.17, 15) is 18.0 Å². The van der Waals surface area contributed by atoms with Crippen LogP contribution in [0.1, 0.15) is 66.2 Å². The van der Waals surface area contributed by atoms with Crippen molar-refractivity contribution in [3.8, 4) is 0 Å². The Hall–Kier alpha value is -1.32. The first-order valence-electron chi connectivity index (χ1n) is 7.67. The minimum atomic E-state index is -4.70. The number of allylic oxidation sites excluding steroid dienone is 6. The van der Waals surface area contributed by atoms with Crippen LogP contribution in [0.2, 0.25) is 0 Å². The van der Waals surface area contributed by atoms with Crippen LogP contribution in [-0.4, -0.2) is 12.0 Å². The van der Waals surface area contributed by atoms with Crippen molar-refractivity contribution in [2.24, 2.45) is 0 Å². The fraction of sp³-hybridized carbons (Fsp3) is 0.611. The molecule has 0 saturated heterocycles. The quantitative estimate of drug-likeness (QED) is 0.455. The van der Waals surface area contributed by atoms with Gasteiger partial charge >= 0.3 is 6.18 Å². The number of Topliss-reactive ketones (excluding diaryl/α,β-unsaturated/α-hetero) is 1. The maximum absolute atomic E-state index is 12.0. The predicted octanol–water partition coefficient (Wildman–Crippen LogP) is 6.32. The van der Waals surface area contributed by atoms with Gasteiger partial charge in [-0.25, -0.2) is 0 Å². The number of carbonyl (C=O) groups excluding carboxylic acids is 1. The second kappa shape index (κ2) is 10.4. The highest BCUT2D eigenvalue weighted by Crippen LogP contribution is 2.19. The lowest BCUT2D eigenvalue weighted by molar-refractivity contribution is -0.170. The highest BCUT2D eigenvalue weighted by atomic mass is 19.4. The third-order valence-electron chi connectivity index (χ3n) is 3.30. The van der Waals surface area contributed by atoms with Gasteiger partial charge in [0.15, 0.2) is 0 Å². The zero-order valence-electron chi connectivity index (χ0n) is 14.0. The van der Waals surface area contributed by atoms with Crippen molar-refractivity contribution in [1.82, 2.24) is 0 Å². The molecule has 0 rings (SSSR count). The van der Waals surface area contributed by atoms with Crippen LogP contribution in [-0.2, 0) is 4.79 Å². The average molecular weight is 316 g/mol. The van der Waals surface area contributed by atoms with E-state index in [2.05, 4.69) is 32.9 Å². The van der Waals surface area contributed by atoms with Crippen LogP contribution < -0.4 is 0 Å². The zero-order chi connectivity index (χ0) is 17.2. The Labute approximate surface area is 132 Å². The van der Waals surface area contributed by atoms with Gasteiger partial charge in [-0.3, -0.25) is 4.79 Å². The molecule has 0 amide bonds. The number of halogens is 3. The molecule has 0 aromatic carbocycles. The van der Waals surface area contributed by atoms with Crippen LogP contribution in [0.15, 0.2) is 34.9 Å². The molecule has 0 heterocycles. The molecule has 126 valence electrons. The van der Waals surface area contributed by atoms with Crippen LogP contribution in [0.5, 0.6) is 0 Å². The SMILES string of the molecule is CC(C)=CCCC(C)=CCCC(C)=CCCC(=O)C(F)(F)F. The summed E-state index contributed by atoms with van der Waals surface area (Å²) >= 11 is 0. The van der Waals surface area contributed by atoms with Gasteiger partial charge in [0, 0.05) is 6.42 Å². The number of alkyl halides is 3. The monoisotopic (exact) mass is 316 g/mol. The van der Waals surface area contributed by atoms with Crippen LogP contribution in [0.25, 0.3) is 0 Å². The summed E-state index contributed by atoms with van der Waals surface area (Å²) in [5.74, 6) is -1.65. The smallest absolute Gasteiger partial charge is 0.290 e. The largest absolute Gasteiger partial charge is 0.449 e. The summed E-state index contributed by atoms with van der Waals surface area (Å²) in [6.45, 7) is 8.15. The number of rotatable bonds is 9. The minimum absolute atomic E-state index is 0.160. The van der Waals surface area contributed by atoms with Gasteiger partial charge in [-0.15, -0.1) is 0 Å². The molecule has 0 N–H and O–H groups in total. The second-order valence-electron chi connectivity index (χ2n) is 5.92. The molecule has 0 aromatic heterocycles. The molecule has 4 heteroatoms. The summed E-state index contributed by atoms with van der Waals surface area (Å²) in [5.41, 5.74) is 3.68. The molecule has 0 radical (unpaired) electrons. The molecule has 0 aromatic rings. The normalized spacial score (nSPS) is 13.2. The Bertz CT molecular complexity index is 436. The Morgan fingerprint density at radius 2 is 1.18 bits per heavy atom. The Morgan fingerprint density at radius 1 is 0.773 bits per heavy atom. The molecule has 0 atom stereocenters. The highest BCUT2D eigenvalue weighted by Gasteiger charge is 2.36. The first-order chi connectivity index (χ1) is 10.1. The Kier molecular flexibility index (Phi) is 9.79. The van der Waals surface area contributed by atoms with Crippen molar-refractivity contribution in [2.75, 3.05) is 0 Å². The molecule has 1 nitrogen and oxygen atoms in total. The van der Waals surface area contributed by atoms with Gasteiger partial charge in [-0.2, -0.15) is 13.2 Å². The highest BCUT2D eigenvalue weighted by molar-refractivity contribution is 5.84. The number of ketones is 1. The van der Waals surface area contributed by atoms with E-state index in [1.54, 1.807) is 6.08 Å². The molecule has 0 bridgehead atoms. The Balaban J connectivity index is 4.02. The molecule has 0 aliphatic carbocycles. The van der Waals surface area contributed by atoms with Gasteiger partial charge in [0.05, 0.1) is 0 Å². The van der Waals surface area contributed by atoms with E-state index >= 15 is 0 Å². The lowest BCUT2D eigenvalue weighted by Crippen LogP contribution is -2.21. The van der Waals surface area contributed by atoms with Crippen molar-refractivity contribution in [3.63, 3.8) is 0 Å². The summed E-state index contributed by atoms with van der Waals surface area (Å²) in [5, 5.41) is 0. The van der Waals surface area contributed by atoms with Crippen molar-refractivity contribution in [3.05, 3.63) is 34.9 Å². The molecular formula is C18H27F3O. The minimum Gasteiger partial charge on any atom is -0.290 e. The zero-order valence-corrected chi connectivity index (χ0v) is 14.0. The van der Waals surface area contributed by atoms with Crippen LogP contribution in [0.4, 0.5) is 13.2 Å². The van der Waals surface area contributed by atoms with Gasteiger partial charge in [0.2, 0.25) is 5.78 Å². The fourth-order valence-corrected chi connectivity index (χ4v) is 1.93. The summed E-state index contributed by atoms with van der Waals surface area (Å²) in [7, 11) is 0. The molecule has 0 aliphatic heterocycles. The van der Waals surface area contributed by atoms with Gasteiger partial charge < -0.3 is 0 Å². The van der Waals surface area contributed by atoms with Crippen LogP contribution in [0.3, 0.4) is 0 Å². The lowest BCUT2D eigenvalue weighted by atomic mass is 10.1. The lowest BCUT2D eigenvalue weighted by Gasteiger charge is -2.04. The summed E-state index contributed by atoms with van der Waals surface area (Å²) in [6, 6.07) is 0. The predicted molar refractivity (Wildman–Crippen MR) is 85.7 cm³/mol. The number of hydrogen-bond donors (Lipinski definition) is 0. The molecule has 0 saturated carbocycles. The molecule has 22 heavy (non-hydrogen) atoms. The average Bonchev–Trinajstić information content (AvgIpc) is 2.37. The van der Waals surface area contributed by atoms with E-state index < -0.39 is 18.4 Å². The number of carbonyl (C=O) groups is 1. The molecule has 0 spiro atoms. The third kappa shape index (κ3) is 11.4. The van der Waals surface area contributed by atoms with E-state index in [4.69, 9.17) is 0 Å². The topological polar surface area (TPSA) is 17.1 Å². The maximum atomic E-state index is 12.0. The fourth-order valence-electron chi connectivity index (χ4n) is 1.93. The Morgan fingerprint density at radius 3 is 1.59 bits per heavy atom. The van der Waals surface area contributed by atoms with E-state index in [1.165, 1.54) is 11.1 Å². The van der Waals surface area contributed by atoms with Gasteiger partial charge in [0.25, 0.3) is 0 Å². The molecule has 0 aliphatic rings. The summed E-state index contributed by atoms with van der Waals surface area (Å²) < 4.78 is 36.1. The first kappa shape index (κ1) is 20.7. The molecule has 0 fully saturated rings. The van der Waals surface area contributed by atoms with E-state index in [1.807, 2.05) is 6.92 Å². The molecular weight excluding hydrogens is 289 g/mol. The number of hydrogen-bond acceptors (Lipinski definition) is 1. The van der Waals surface area contributed by atoms with Crippen molar-refractivity contribution in [1.29, 1.82) is 0 Å². The first-order valence-corrected chi connectivity index (χ1v) is 7.67. The van der Waals surface area contributed by atoms with E-state index in [-0.39, 0.29) is 6.42 Å². The molecule has 0 unspecified atom stereocenters. The van der Waals surface area contributed by atoms with Gasteiger partial charge in [-0.1, -0.05) is 34.9 Å². The van der Waals surface area contributed by atoms with Crippen molar-refractivity contribution in [2.45, 2.75) is 72.4 Å². The van der Waals surface area contributed by atoms with E-state index in [0.29, 0.717) is 0 Å². The summed E-state index contributed by atoms with van der Waals surface area (Å²) in [6.07, 6.45) is 4.90. The second-order valence-corrected chi connectivity index (χ2v) is 5.92. The van der Waals surface area contributed by atoms with Gasteiger partial charge in [-0.05, 0) is 59.8 Å². The standard InChI is InChI=1S/C18H27F3O/c1-14(2)8-5-9-15(3)10-6-11-16(4)12-7-13-17(22)18(19,20)21/h8,10,12H,5-7,9,11,13H2,1-4H3. The van der Waals surface area contributed by atoms with Crippen molar-refractivity contribution < 1.29 is 18.0 Å². The van der Waals surface area contributed by atoms with E-state index in [0.717, 1.165) is 31.3 Å². The van der Waals surface area contributed by atoms with Crippen LogP contribution >= 0.6 is 0 Å². The van der Waals surface area contributed by atoms with Gasteiger partial charge in [0.1, 0.15) is 0 Å². The third-order valence-corrected chi connectivity index (χ3v) is 3.30. The van der Waals surface area contributed by atoms with Crippen molar-refractivity contribution >= 4 is 5.78 Å². The van der Waals surface area contributed by atoms with Crippen LogP contribution in [0, 0.1) is 0 Å².